The Labute approximate surface area is 170 Å². The van der Waals surface area contributed by atoms with E-state index in [1.807, 2.05) is 46.8 Å². The van der Waals surface area contributed by atoms with E-state index < -0.39 is 0 Å². The van der Waals surface area contributed by atoms with Gasteiger partial charge < -0.3 is 19.4 Å². The van der Waals surface area contributed by atoms with E-state index in [-0.39, 0.29) is 18.4 Å². The molecule has 0 N–H and O–H groups in total. The highest BCUT2D eigenvalue weighted by molar-refractivity contribution is 5.92. The molecule has 1 aromatic carbocycles. The minimum Gasteiger partial charge on any atom is -0.484 e. The topological polar surface area (TPSA) is 70.9 Å². The van der Waals surface area contributed by atoms with Gasteiger partial charge in [0.15, 0.2) is 12.3 Å². The third-order valence-electron chi connectivity index (χ3n) is 5.51. The molecule has 0 spiro atoms. The fraction of sp³-hybridized carbons (Fsp3) is 0.476. The average Bonchev–Trinajstić information content (AvgIpc) is 3.15. The molecule has 1 saturated heterocycles. The molecule has 2 amide bonds. The zero-order valence-corrected chi connectivity index (χ0v) is 17.0. The smallest absolute Gasteiger partial charge is 0.274 e. The van der Waals surface area contributed by atoms with Gasteiger partial charge in [0.25, 0.3) is 11.8 Å². The molecule has 0 unspecified atom stereocenters. The fourth-order valence-electron chi connectivity index (χ4n) is 3.70. The zero-order valence-electron chi connectivity index (χ0n) is 17.0. The van der Waals surface area contributed by atoms with Gasteiger partial charge in [-0.2, -0.15) is 5.10 Å². The highest BCUT2D eigenvalue weighted by Crippen LogP contribution is 2.17. The summed E-state index contributed by atoms with van der Waals surface area (Å²) in [4.78, 5) is 31.2. The lowest BCUT2D eigenvalue weighted by atomic mass is 10.2. The number of ether oxygens (including phenoxy) is 1. The molecule has 29 heavy (non-hydrogen) atoms. The molecule has 4 rings (SSSR count). The number of likely N-dealkylation sites (N-methyl/N-ethyl adjacent to an activating group) is 1. The summed E-state index contributed by atoms with van der Waals surface area (Å²) in [5.74, 6) is 0.604. The van der Waals surface area contributed by atoms with Gasteiger partial charge in [-0.3, -0.25) is 14.3 Å². The molecule has 2 aromatic rings. The number of nitrogens with zero attached hydrogens (tertiary/aromatic N) is 5. The van der Waals surface area contributed by atoms with E-state index in [0.717, 1.165) is 37.4 Å². The summed E-state index contributed by atoms with van der Waals surface area (Å²) in [7, 11) is 2.06. The third kappa shape index (κ3) is 4.42. The van der Waals surface area contributed by atoms with Gasteiger partial charge in [0.1, 0.15) is 5.75 Å². The van der Waals surface area contributed by atoms with E-state index in [1.54, 1.807) is 4.90 Å². The average molecular weight is 397 g/mol. The summed E-state index contributed by atoms with van der Waals surface area (Å²) < 4.78 is 7.48. The number of piperazine rings is 1. The molecule has 2 aliphatic heterocycles. The quantitative estimate of drug-likeness (QED) is 0.770. The second-order valence-electron chi connectivity index (χ2n) is 7.76. The number of carbonyl (C=O) groups is 2. The fourth-order valence-corrected chi connectivity index (χ4v) is 3.70. The molecule has 0 bridgehead atoms. The number of rotatable bonds is 4. The largest absolute Gasteiger partial charge is 0.484 e. The van der Waals surface area contributed by atoms with E-state index >= 15 is 0 Å². The molecular formula is C21H27N5O3. The van der Waals surface area contributed by atoms with E-state index in [9.17, 15) is 9.59 Å². The van der Waals surface area contributed by atoms with E-state index in [1.165, 1.54) is 0 Å². The summed E-state index contributed by atoms with van der Waals surface area (Å²) in [5.41, 5.74) is 2.45. The van der Waals surface area contributed by atoms with Crippen LogP contribution in [0.4, 0.5) is 0 Å². The zero-order chi connectivity index (χ0) is 20.4. The van der Waals surface area contributed by atoms with Crippen molar-refractivity contribution >= 4 is 11.8 Å². The summed E-state index contributed by atoms with van der Waals surface area (Å²) in [5, 5.41) is 4.48. The SMILES string of the molecule is Cc1cccc(OCC(=O)N2CCn3nc(C(=O)N4CCN(C)CC4)cc3C2)c1. The maximum absolute atomic E-state index is 12.8. The van der Waals surface area contributed by atoms with Crippen molar-refractivity contribution in [3.63, 3.8) is 0 Å². The number of hydrogen-bond donors (Lipinski definition) is 0. The molecule has 2 aliphatic rings. The summed E-state index contributed by atoms with van der Waals surface area (Å²) in [6.45, 7) is 6.78. The Bertz CT molecular complexity index is 901. The van der Waals surface area contributed by atoms with Gasteiger partial charge in [0, 0.05) is 32.7 Å². The second kappa shape index (κ2) is 8.24. The van der Waals surface area contributed by atoms with Gasteiger partial charge in [0.2, 0.25) is 0 Å². The van der Waals surface area contributed by atoms with Gasteiger partial charge >= 0.3 is 0 Å². The van der Waals surface area contributed by atoms with Gasteiger partial charge in [-0.25, -0.2) is 0 Å². The molecule has 8 heteroatoms. The first-order valence-corrected chi connectivity index (χ1v) is 10.0. The van der Waals surface area contributed by atoms with Gasteiger partial charge in [-0.05, 0) is 37.7 Å². The van der Waals surface area contributed by atoms with Crippen molar-refractivity contribution in [1.29, 1.82) is 0 Å². The maximum Gasteiger partial charge on any atom is 0.274 e. The normalized spacial score (nSPS) is 17.2. The Balaban J connectivity index is 1.36. The van der Waals surface area contributed by atoms with Gasteiger partial charge in [-0.15, -0.1) is 0 Å². The van der Waals surface area contributed by atoms with E-state index in [0.29, 0.717) is 31.1 Å². The van der Waals surface area contributed by atoms with Crippen molar-refractivity contribution in [2.24, 2.45) is 0 Å². The van der Waals surface area contributed by atoms with Crippen LogP contribution in [0, 0.1) is 6.92 Å². The minimum absolute atomic E-state index is 0.00464. The molecular weight excluding hydrogens is 370 g/mol. The van der Waals surface area contributed by atoms with Crippen LogP contribution in [-0.4, -0.2) is 82.7 Å². The van der Waals surface area contributed by atoms with Gasteiger partial charge in [0.05, 0.1) is 18.8 Å². The molecule has 0 saturated carbocycles. The Hall–Kier alpha value is -2.87. The van der Waals surface area contributed by atoms with E-state index in [4.69, 9.17) is 4.74 Å². The molecule has 1 fully saturated rings. The van der Waals surface area contributed by atoms with Crippen molar-refractivity contribution in [2.75, 3.05) is 46.4 Å². The first-order valence-electron chi connectivity index (χ1n) is 10.0. The number of amides is 2. The maximum atomic E-state index is 12.8. The van der Waals surface area contributed by atoms with Crippen molar-refractivity contribution < 1.29 is 14.3 Å². The van der Waals surface area contributed by atoms with Crippen molar-refractivity contribution in [3.8, 4) is 5.75 Å². The first-order chi connectivity index (χ1) is 14.0. The number of hydrogen-bond acceptors (Lipinski definition) is 5. The Morgan fingerprint density at radius 1 is 1.03 bits per heavy atom. The lowest BCUT2D eigenvalue weighted by Gasteiger charge is -2.31. The standard InChI is InChI=1S/C21H27N5O3/c1-16-4-3-5-18(12-16)29-15-20(27)25-10-11-26-17(14-25)13-19(22-26)21(28)24-8-6-23(2)7-9-24/h3-5,12-13H,6-11,14-15H2,1-2H3. The summed E-state index contributed by atoms with van der Waals surface area (Å²) in [6, 6.07) is 9.48. The van der Waals surface area contributed by atoms with Crippen molar-refractivity contribution in [2.45, 2.75) is 20.0 Å². The predicted molar refractivity (Wildman–Crippen MR) is 108 cm³/mol. The molecule has 0 radical (unpaired) electrons. The van der Waals surface area contributed by atoms with Crippen LogP contribution in [0.3, 0.4) is 0 Å². The highest BCUT2D eigenvalue weighted by atomic mass is 16.5. The molecule has 0 aliphatic carbocycles. The lowest BCUT2D eigenvalue weighted by Crippen LogP contribution is -2.47. The lowest BCUT2D eigenvalue weighted by molar-refractivity contribution is -0.134. The van der Waals surface area contributed by atoms with Crippen molar-refractivity contribution in [1.82, 2.24) is 24.5 Å². The summed E-state index contributed by atoms with van der Waals surface area (Å²) in [6.07, 6.45) is 0. The highest BCUT2D eigenvalue weighted by Gasteiger charge is 2.27. The molecule has 0 atom stereocenters. The summed E-state index contributed by atoms with van der Waals surface area (Å²) >= 11 is 0. The number of fused-ring (bicyclic) bond motifs is 1. The van der Waals surface area contributed by atoms with Crippen LogP contribution in [-0.2, 0) is 17.9 Å². The number of aryl methyl sites for hydroxylation is 1. The van der Waals surface area contributed by atoms with Crippen LogP contribution in [0.2, 0.25) is 0 Å². The number of benzene rings is 1. The van der Waals surface area contributed by atoms with E-state index in [2.05, 4.69) is 17.0 Å². The molecule has 154 valence electrons. The second-order valence-corrected chi connectivity index (χ2v) is 7.76. The monoisotopic (exact) mass is 397 g/mol. The first kappa shape index (κ1) is 19.4. The third-order valence-corrected chi connectivity index (χ3v) is 5.51. The van der Waals surface area contributed by atoms with Crippen LogP contribution < -0.4 is 4.74 Å². The van der Waals surface area contributed by atoms with Crippen LogP contribution in [0.25, 0.3) is 0 Å². The Kier molecular flexibility index (Phi) is 5.53. The Morgan fingerprint density at radius 2 is 1.79 bits per heavy atom. The number of aromatic nitrogens is 2. The van der Waals surface area contributed by atoms with Crippen LogP contribution >= 0.6 is 0 Å². The van der Waals surface area contributed by atoms with Gasteiger partial charge in [-0.1, -0.05) is 12.1 Å². The minimum atomic E-state index is -0.0640. The van der Waals surface area contributed by atoms with Crippen LogP contribution in [0.1, 0.15) is 21.7 Å². The number of carbonyl (C=O) groups excluding carboxylic acids is 2. The molecule has 3 heterocycles. The van der Waals surface area contributed by atoms with Crippen LogP contribution in [0.5, 0.6) is 5.75 Å². The van der Waals surface area contributed by atoms with Crippen molar-refractivity contribution in [3.05, 3.63) is 47.3 Å². The molecule has 1 aromatic heterocycles. The molecule has 8 nitrogen and oxygen atoms in total. The van der Waals surface area contributed by atoms with Crippen LogP contribution in [0.15, 0.2) is 30.3 Å². The Morgan fingerprint density at radius 3 is 2.55 bits per heavy atom. The predicted octanol–water partition coefficient (Wildman–Crippen LogP) is 1.00.